The Balaban J connectivity index is 1.51. The molecule has 0 saturated heterocycles. The van der Waals surface area contributed by atoms with Crippen LogP contribution in [0, 0.1) is 23.2 Å². The fraction of sp³-hybridized carbons (Fsp3) is 0.625. The number of thiazole rings is 1. The van der Waals surface area contributed by atoms with E-state index in [1.165, 1.54) is 29.9 Å². The first kappa shape index (κ1) is 24.7. The number of amides is 2. The van der Waals surface area contributed by atoms with Gasteiger partial charge in [-0.2, -0.15) is 0 Å². The van der Waals surface area contributed by atoms with Crippen LogP contribution in [0.1, 0.15) is 60.6 Å². The van der Waals surface area contributed by atoms with E-state index < -0.39 is 6.10 Å². The lowest BCUT2D eigenvalue weighted by atomic mass is 9.53. The molecule has 0 spiro atoms. The molecule has 4 rings (SSSR count). The van der Waals surface area contributed by atoms with Crippen LogP contribution < -0.4 is 10.6 Å². The van der Waals surface area contributed by atoms with Crippen molar-refractivity contribution >= 4 is 28.3 Å². The van der Waals surface area contributed by atoms with Crippen molar-refractivity contribution in [3.63, 3.8) is 0 Å². The zero-order valence-corrected chi connectivity index (χ0v) is 20.9. The lowest BCUT2D eigenvalue weighted by Gasteiger charge is -2.53. The summed E-state index contributed by atoms with van der Waals surface area (Å²) in [6.45, 7) is 7.17. The molecule has 2 amide bonds. The molecule has 1 fully saturated rings. The topological polar surface area (TPSA) is 126 Å². The minimum Gasteiger partial charge on any atom is -0.392 e. The van der Waals surface area contributed by atoms with Crippen LogP contribution in [-0.2, 0) is 16.0 Å². The van der Waals surface area contributed by atoms with Gasteiger partial charge in [-0.25, -0.2) is 9.97 Å². The molecule has 0 unspecified atom stereocenters. The fourth-order valence-corrected chi connectivity index (χ4v) is 7.07. The van der Waals surface area contributed by atoms with Gasteiger partial charge in [0.1, 0.15) is 5.69 Å². The molecule has 2 aromatic heterocycles. The lowest BCUT2D eigenvalue weighted by molar-refractivity contribution is -0.135. The molecule has 9 nitrogen and oxygen atoms in total. The number of aliphatic hydroxyl groups is 1. The van der Waals surface area contributed by atoms with Crippen LogP contribution in [0.5, 0.6) is 0 Å². The Morgan fingerprint density at radius 1 is 1.38 bits per heavy atom. The van der Waals surface area contributed by atoms with E-state index in [1.807, 2.05) is 6.92 Å². The Hall–Kier alpha value is -2.43. The number of methoxy groups -OCH3 is 1. The summed E-state index contributed by atoms with van der Waals surface area (Å²) in [7, 11) is 1.60. The zero-order chi connectivity index (χ0) is 24.5. The summed E-state index contributed by atoms with van der Waals surface area (Å²) in [4.78, 5) is 39.1. The minimum absolute atomic E-state index is 0.00808. The second kappa shape index (κ2) is 10.1. The van der Waals surface area contributed by atoms with Gasteiger partial charge in [0.15, 0.2) is 5.13 Å². The molecular formula is C24H33N5O4S. The molecule has 2 heterocycles. The summed E-state index contributed by atoms with van der Waals surface area (Å²) in [6, 6.07) is 0. The van der Waals surface area contributed by atoms with E-state index in [4.69, 9.17) is 9.72 Å². The Morgan fingerprint density at radius 2 is 2.18 bits per heavy atom. The van der Waals surface area contributed by atoms with Crippen LogP contribution in [0.3, 0.4) is 0 Å². The molecule has 0 radical (unpaired) electrons. The maximum atomic E-state index is 12.7. The summed E-state index contributed by atoms with van der Waals surface area (Å²) >= 11 is 1.49. The smallest absolute Gasteiger partial charge is 0.277 e. The maximum Gasteiger partial charge on any atom is 0.277 e. The van der Waals surface area contributed by atoms with Crippen molar-refractivity contribution in [3.8, 4) is 0 Å². The number of rotatable bonds is 7. The second-order valence-electron chi connectivity index (χ2n) is 9.78. The first-order valence-electron chi connectivity index (χ1n) is 11.8. The van der Waals surface area contributed by atoms with Gasteiger partial charge in [0.05, 0.1) is 24.6 Å². The molecule has 3 N–H and O–H groups in total. The van der Waals surface area contributed by atoms with E-state index in [2.05, 4.69) is 34.4 Å². The van der Waals surface area contributed by atoms with Crippen LogP contribution in [0.25, 0.3) is 0 Å². The van der Waals surface area contributed by atoms with Gasteiger partial charge in [-0.3, -0.25) is 19.9 Å². The number of hydrogen-bond acceptors (Lipinski definition) is 8. The summed E-state index contributed by atoms with van der Waals surface area (Å²) in [5.41, 5.74) is 1.08. The van der Waals surface area contributed by atoms with Crippen LogP contribution in [-0.4, -0.2) is 58.2 Å². The molecule has 34 heavy (non-hydrogen) atoms. The summed E-state index contributed by atoms with van der Waals surface area (Å²) in [5.74, 6) is -0.797. The molecule has 0 aliphatic heterocycles. The number of hydrogen-bond donors (Lipinski definition) is 3. The Morgan fingerprint density at radius 3 is 2.88 bits per heavy atom. The molecule has 0 bridgehead atoms. The monoisotopic (exact) mass is 487 g/mol. The highest BCUT2D eigenvalue weighted by atomic mass is 32.1. The summed E-state index contributed by atoms with van der Waals surface area (Å²) in [5, 5.41) is 17.8. The van der Waals surface area contributed by atoms with Crippen molar-refractivity contribution in [1.82, 2.24) is 20.3 Å². The van der Waals surface area contributed by atoms with Crippen LogP contribution in [0.4, 0.5) is 5.13 Å². The van der Waals surface area contributed by atoms with Crippen molar-refractivity contribution in [3.05, 3.63) is 34.9 Å². The Labute approximate surface area is 203 Å². The zero-order valence-electron chi connectivity index (χ0n) is 20.1. The molecule has 184 valence electrons. The average molecular weight is 488 g/mol. The SMILES string of the molecule is COCCNC(=O)[C@@H](C)[C@H]1CC[C@@]2(C)Cc3sc(NC(=O)c4cnccn4)nc3[C@@H](C)[C@@H]2[C@H]1O. The van der Waals surface area contributed by atoms with Crippen molar-refractivity contribution in [2.24, 2.45) is 23.2 Å². The maximum absolute atomic E-state index is 12.7. The van der Waals surface area contributed by atoms with Crippen molar-refractivity contribution in [2.45, 2.75) is 52.1 Å². The molecule has 1 saturated carbocycles. The largest absolute Gasteiger partial charge is 0.392 e. The quantitative estimate of drug-likeness (QED) is 0.513. The van der Waals surface area contributed by atoms with E-state index in [0.717, 1.165) is 29.8 Å². The Kier molecular flexibility index (Phi) is 7.30. The van der Waals surface area contributed by atoms with Crippen LogP contribution in [0.2, 0.25) is 0 Å². The van der Waals surface area contributed by atoms with E-state index in [0.29, 0.717) is 18.3 Å². The standard InChI is InChI=1S/C24H33N5O4S/c1-13(21(31)27-9-10-33-4)15-5-6-24(3)11-17-19(14(2)18(24)20(15)30)28-23(34-17)29-22(32)16-12-25-7-8-26-16/h7-8,12-15,18,20,30H,5-6,9-11H2,1-4H3,(H,27,31)(H,28,29,32)/t13-,14-,15+,18+,20-,24-/m0/s1. The Bertz CT molecular complexity index is 1030. The van der Waals surface area contributed by atoms with Crippen molar-refractivity contribution in [1.29, 1.82) is 0 Å². The number of carbonyl (C=O) groups excluding carboxylic acids is 2. The van der Waals surface area contributed by atoms with Gasteiger partial charge in [0.25, 0.3) is 5.91 Å². The molecule has 10 heteroatoms. The molecule has 6 atom stereocenters. The molecule has 0 aromatic carbocycles. The van der Waals surface area contributed by atoms with E-state index in [-0.39, 0.29) is 46.6 Å². The third-order valence-corrected chi connectivity index (χ3v) is 8.59. The van der Waals surface area contributed by atoms with E-state index >= 15 is 0 Å². The van der Waals surface area contributed by atoms with E-state index in [1.54, 1.807) is 7.11 Å². The lowest BCUT2D eigenvalue weighted by Crippen LogP contribution is -2.53. The molecule has 2 aromatic rings. The molecule has 2 aliphatic carbocycles. The highest BCUT2D eigenvalue weighted by molar-refractivity contribution is 7.15. The van der Waals surface area contributed by atoms with E-state index in [9.17, 15) is 14.7 Å². The minimum atomic E-state index is -0.607. The summed E-state index contributed by atoms with van der Waals surface area (Å²) < 4.78 is 5.02. The highest BCUT2D eigenvalue weighted by Gasteiger charge is 2.53. The third kappa shape index (κ3) is 4.71. The van der Waals surface area contributed by atoms with Gasteiger partial charge in [-0.1, -0.05) is 20.8 Å². The third-order valence-electron chi connectivity index (χ3n) is 7.60. The number of fused-ring (bicyclic) bond motifs is 2. The number of carbonyl (C=O) groups is 2. The number of ether oxygens (including phenoxy) is 1. The first-order valence-corrected chi connectivity index (χ1v) is 12.6. The predicted molar refractivity (Wildman–Crippen MR) is 129 cm³/mol. The number of anilines is 1. The highest BCUT2D eigenvalue weighted by Crippen LogP contribution is 2.57. The number of nitrogens with one attached hydrogen (secondary N) is 2. The van der Waals surface area contributed by atoms with Gasteiger partial charge in [-0.05, 0) is 36.5 Å². The summed E-state index contributed by atoms with van der Waals surface area (Å²) in [6.07, 6.45) is 6.34. The van der Waals surface area contributed by atoms with Gasteiger partial charge < -0.3 is 15.2 Å². The number of nitrogens with zero attached hydrogens (tertiary/aromatic N) is 3. The van der Waals surface area contributed by atoms with Crippen molar-refractivity contribution < 1.29 is 19.4 Å². The van der Waals surface area contributed by atoms with Gasteiger partial charge >= 0.3 is 0 Å². The average Bonchev–Trinajstić information content (AvgIpc) is 3.21. The second-order valence-corrected chi connectivity index (χ2v) is 10.9. The van der Waals surface area contributed by atoms with Crippen LogP contribution in [0.15, 0.2) is 18.6 Å². The first-order chi connectivity index (χ1) is 16.2. The van der Waals surface area contributed by atoms with Gasteiger partial charge in [0.2, 0.25) is 5.91 Å². The normalized spacial score (nSPS) is 29.0. The van der Waals surface area contributed by atoms with Crippen LogP contribution >= 0.6 is 11.3 Å². The number of aliphatic hydroxyl groups excluding tert-OH is 1. The fourth-order valence-electron chi connectivity index (χ4n) is 5.81. The molecular weight excluding hydrogens is 454 g/mol. The van der Waals surface area contributed by atoms with Gasteiger partial charge in [-0.15, -0.1) is 11.3 Å². The predicted octanol–water partition coefficient (Wildman–Crippen LogP) is 2.64. The molecule has 2 aliphatic rings. The van der Waals surface area contributed by atoms with Crippen molar-refractivity contribution in [2.75, 3.05) is 25.6 Å². The number of aromatic nitrogens is 3. The van der Waals surface area contributed by atoms with Gasteiger partial charge in [0, 0.05) is 42.8 Å².